The monoisotopic (exact) mass is 512 g/mol. The fraction of sp³-hybridized carbons (Fsp3) is 0.160. The van der Waals surface area contributed by atoms with Gasteiger partial charge >= 0.3 is 0 Å². The summed E-state index contributed by atoms with van der Waals surface area (Å²) in [6.07, 6.45) is 0.810. The van der Waals surface area contributed by atoms with Crippen LogP contribution < -0.4 is 4.90 Å². The molecule has 0 aromatic heterocycles. The summed E-state index contributed by atoms with van der Waals surface area (Å²) in [5.41, 5.74) is 1.07. The van der Waals surface area contributed by atoms with Gasteiger partial charge in [-0.3, -0.25) is 19.3 Å². The Hall–Kier alpha value is -3.39. The number of imide groups is 1. The molecule has 5 nitrogen and oxygen atoms in total. The first-order chi connectivity index (χ1) is 15.9. The molecule has 3 aromatic rings. The zero-order chi connectivity index (χ0) is 23.5. The van der Waals surface area contributed by atoms with Crippen molar-refractivity contribution in [3.05, 3.63) is 99.5 Å². The molecule has 0 radical (unpaired) electrons. The molecule has 0 saturated heterocycles. The lowest BCUT2D eigenvalue weighted by atomic mass is 10.1. The van der Waals surface area contributed by atoms with Gasteiger partial charge in [0.05, 0.1) is 16.8 Å². The van der Waals surface area contributed by atoms with Crippen LogP contribution in [0.5, 0.6) is 0 Å². The van der Waals surface area contributed by atoms with Gasteiger partial charge in [-0.25, -0.2) is 8.78 Å². The van der Waals surface area contributed by atoms with Crippen molar-refractivity contribution in [2.24, 2.45) is 0 Å². The second-order valence-corrected chi connectivity index (χ2v) is 8.49. The molecule has 1 heterocycles. The Labute approximate surface area is 197 Å². The third kappa shape index (κ3) is 4.71. The minimum atomic E-state index is -0.846. The second kappa shape index (κ2) is 9.62. The van der Waals surface area contributed by atoms with Crippen molar-refractivity contribution in [3.63, 3.8) is 0 Å². The number of rotatable bonds is 7. The van der Waals surface area contributed by atoms with Crippen molar-refractivity contribution in [1.82, 2.24) is 4.90 Å². The minimum absolute atomic E-state index is 0.0370. The Kier molecular flexibility index (Phi) is 6.65. The van der Waals surface area contributed by atoms with Crippen LogP contribution in [0.3, 0.4) is 0 Å². The number of hydrogen-bond donors (Lipinski definition) is 0. The standard InChI is InChI=1S/C25H19BrF2N2O3/c26-17-9-7-16(8-10-17)23(31)29(22-12-11-18(27)15-21(22)28)13-3-4-14-30-24(32)19-5-1-2-6-20(19)25(30)33/h1-2,5-12,15H,3-4,13-14H2. The summed E-state index contributed by atoms with van der Waals surface area (Å²) in [7, 11) is 0. The highest BCUT2D eigenvalue weighted by atomic mass is 79.9. The van der Waals surface area contributed by atoms with Crippen molar-refractivity contribution in [3.8, 4) is 0 Å². The molecule has 3 aromatic carbocycles. The molecular formula is C25H19BrF2N2O3. The Bertz CT molecular complexity index is 1200. The van der Waals surface area contributed by atoms with E-state index in [0.29, 0.717) is 29.5 Å². The Morgan fingerprint density at radius 1 is 0.879 bits per heavy atom. The van der Waals surface area contributed by atoms with E-state index in [1.165, 1.54) is 15.9 Å². The fourth-order valence-corrected chi connectivity index (χ4v) is 4.03. The minimum Gasteiger partial charge on any atom is -0.306 e. The van der Waals surface area contributed by atoms with Crippen LogP contribution in [-0.4, -0.2) is 35.7 Å². The maximum Gasteiger partial charge on any atom is 0.261 e. The van der Waals surface area contributed by atoms with E-state index >= 15 is 0 Å². The van der Waals surface area contributed by atoms with Crippen molar-refractivity contribution >= 4 is 39.3 Å². The molecule has 0 unspecified atom stereocenters. The first-order valence-corrected chi connectivity index (χ1v) is 11.1. The maximum absolute atomic E-state index is 14.5. The lowest BCUT2D eigenvalue weighted by Crippen LogP contribution is -2.34. The molecule has 0 aliphatic carbocycles. The molecule has 3 amide bonds. The molecule has 1 aliphatic rings. The van der Waals surface area contributed by atoms with Crippen molar-refractivity contribution < 1.29 is 23.2 Å². The summed E-state index contributed by atoms with van der Waals surface area (Å²) < 4.78 is 28.7. The van der Waals surface area contributed by atoms with Crippen LogP contribution in [0.25, 0.3) is 0 Å². The van der Waals surface area contributed by atoms with Crippen LogP contribution in [0.2, 0.25) is 0 Å². The van der Waals surface area contributed by atoms with E-state index < -0.39 is 17.5 Å². The number of carbonyl (C=O) groups excluding carboxylic acids is 3. The topological polar surface area (TPSA) is 57.7 Å². The number of unbranched alkanes of at least 4 members (excludes halogenated alkanes) is 1. The molecule has 0 atom stereocenters. The predicted octanol–water partition coefficient (Wildman–Crippen LogP) is 5.45. The molecule has 0 spiro atoms. The summed E-state index contributed by atoms with van der Waals surface area (Å²) in [6, 6.07) is 16.3. The van der Waals surface area contributed by atoms with Crippen molar-refractivity contribution in [2.45, 2.75) is 12.8 Å². The summed E-state index contributed by atoms with van der Waals surface area (Å²) in [4.78, 5) is 40.6. The van der Waals surface area contributed by atoms with Crippen LogP contribution in [-0.2, 0) is 0 Å². The number of halogens is 3. The molecule has 0 saturated carbocycles. The van der Waals surface area contributed by atoms with Crippen LogP contribution in [0.15, 0.2) is 71.2 Å². The van der Waals surface area contributed by atoms with Crippen LogP contribution >= 0.6 is 15.9 Å². The zero-order valence-corrected chi connectivity index (χ0v) is 19.0. The van der Waals surface area contributed by atoms with Crippen molar-refractivity contribution in [1.29, 1.82) is 0 Å². The molecule has 4 rings (SSSR count). The van der Waals surface area contributed by atoms with E-state index in [1.54, 1.807) is 48.5 Å². The van der Waals surface area contributed by atoms with Crippen LogP contribution in [0, 0.1) is 11.6 Å². The quantitative estimate of drug-likeness (QED) is 0.312. The number of anilines is 1. The Morgan fingerprint density at radius 2 is 1.52 bits per heavy atom. The van der Waals surface area contributed by atoms with E-state index in [2.05, 4.69) is 15.9 Å². The van der Waals surface area contributed by atoms with Gasteiger partial charge in [-0.2, -0.15) is 0 Å². The highest BCUT2D eigenvalue weighted by Gasteiger charge is 2.34. The average molecular weight is 513 g/mol. The summed E-state index contributed by atoms with van der Waals surface area (Å²) in [6.45, 7) is 0.305. The lowest BCUT2D eigenvalue weighted by Gasteiger charge is -2.24. The number of amides is 3. The number of carbonyl (C=O) groups is 3. The second-order valence-electron chi connectivity index (χ2n) is 7.57. The molecule has 8 heteroatoms. The fourth-order valence-electron chi connectivity index (χ4n) is 3.76. The van der Waals surface area contributed by atoms with E-state index in [-0.39, 0.29) is 30.6 Å². The highest BCUT2D eigenvalue weighted by molar-refractivity contribution is 9.10. The average Bonchev–Trinajstić information content (AvgIpc) is 3.05. The summed E-state index contributed by atoms with van der Waals surface area (Å²) >= 11 is 3.31. The molecule has 1 aliphatic heterocycles. The number of hydrogen-bond acceptors (Lipinski definition) is 3. The smallest absolute Gasteiger partial charge is 0.261 e. The first-order valence-electron chi connectivity index (χ1n) is 10.3. The molecule has 0 bridgehead atoms. The third-order valence-corrected chi connectivity index (χ3v) is 5.96. The van der Waals surface area contributed by atoms with Gasteiger partial charge in [-0.05, 0) is 61.4 Å². The predicted molar refractivity (Wildman–Crippen MR) is 123 cm³/mol. The number of nitrogens with zero attached hydrogens (tertiary/aromatic N) is 2. The van der Waals surface area contributed by atoms with Gasteiger partial charge < -0.3 is 4.90 Å². The number of benzene rings is 3. The Balaban J connectivity index is 1.47. The van der Waals surface area contributed by atoms with Gasteiger partial charge in [0.2, 0.25) is 0 Å². The first kappa shape index (κ1) is 22.8. The Morgan fingerprint density at radius 3 is 2.12 bits per heavy atom. The molecule has 0 N–H and O–H groups in total. The molecular weight excluding hydrogens is 494 g/mol. The van der Waals surface area contributed by atoms with Crippen LogP contribution in [0.1, 0.15) is 43.9 Å². The van der Waals surface area contributed by atoms with Crippen LogP contribution in [0.4, 0.5) is 14.5 Å². The molecule has 33 heavy (non-hydrogen) atoms. The molecule has 0 fully saturated rings. The van der Waals surface area contributed by atoms with E-state index in [0.717, 1.165) is 16.6 Å². The van der Waals surface area contributed by atoms with Gasteiger partial charge in [0, 0.05) is 29.2 Å². The number of fused-ring (bicyclic) bond motifs is 1. The van der Waals surface area contributed by atoms with E-state index in [9.17, 15) is 23.2 Å². The SMILES string of the molecule is O=C1c2ccccc2C(=O)N1CCCCN(C(=O)c1ccc(Br)cc1)c1ccc(F)cc1F. The summed E-state index contributed by atoms with van der Waals surface area (Å²) in [5.74, 6) is -2.71. The van der Waals surface area contributed by atoms with Gasteiger partial charge in [0.15, 0.2) is 0 Å². The lowest BCUT2D eigenvalue weighted by molar-refractivity contribution is 0.0651. The maximum atomic E-state index is 14.5. The van der Waals surface area contributed by atoms with Gasteiger partial charge in [0.1, 0.15) is 11.6 Å². The largest absolute Gasteiger partial charge is 0.306 e. The normalized spacial score (nSPS) is 12.8. The third-order valence-electron chi connectivity index (χ3n) is 5.43. The molecule has 168 valence electrons. The van der Waals surface area contributed by atoms with E-state index in [1.807, 2.05) is 0 Å². The van der Waals surface area contributed by atoms with Gasteiger partial charge in [-0.1, -0.05) is 28.1 Å². The van der Waals surface area contributed by atoms with E-state index in [4.69, 9.17) is 0 Å². The summed E-state index contributed by atoms with van der Waals surface area (Å²) in [5, 5.41) is 0. The highest BCUT2D eigenvalue weighted by Crippen LogP contribution is 2.25. The van der Waals surface area contributed by atoms with Gasteiger partial charge in [-0.15, -0.1) is 0 Å². The van der Waals surface area contributed by atoms with Crippen molar-refractivity contribution in [2.75, 3.05) is 18.0 Å². The zero-order valence-electron chi connectivity index (χ0n) is 17.4. The van der Waals surface area contributed by atoms with Gasteiger partial charge in [0.25, 0.3) is 17.7 Å².